The van der Waals surface area contributed by atoms with Gasteiger partial charge in [0.2, 0.25) is 5.91 Å². The normalized spacial score (nSPS) is 20.7. The lowest BCUT2D eigenvalue weighted by molar-refractivity contribution is -0.143. The quantitative estimate of drug-likeness (QED) is 0.844. The van der Waals surface area contributed by atoms with Crippen molar-refractivity contribution in [2.75, 3.05) is 33.2 Å². The summed E-state index contributed by atoms with van der Waals surface area (Å²) in [5.41, 5.74) is 2.65. The Morgan fingerprint density at radius 3 is 2.91 bits per heavy atom. The molecule has 4 heterocycles. The first-order valence-electron chi connectivity index (χ1n) is 7.92. The van der Waals surface area contributed by atoms with Crippen LogP contribution in [0.25, 0.3) is 10.9 Å². The highest BCUT2D eigenvalue weighted by Gasteiger charge is 2.48. The fraction of sp³-hybridized carbons (Fsp3) is 0.529. The summed E-state index contributed by atoms with van der Waals surface area (Å²) in [7, 11) is 2.17. The van der Waals surface area contributed by atoms with Gasteiger partial charge < -0.3 is 14.4 Å². The summed E-state index contributed by atoms with van der Waals surface area (Å²) in [6.45, 7) is 6.65. The molecule has 0 aromatic carbocycles. The van der Waals surface area contributed by atoms with Gasteiger partial charge in [-0.3, -0.25) is 9.78 Å². The van der Waals surface area contributed by atoms with Crippen LogP contribution in [-0.4, -0.2) is 58.5 Å². The zero-order chi connectivity index (χ0) is 15.3. The molecule has 5 nitrogen and oxygen atoms in total. The second-order valence-electron chi connectivity index (χ2n) is 7.07. The van der Waals surface area contributed by atoms with Crippen molar-refractivity contribution < 1.29 is 4.79 Å². The van der Waals surface area contributed by atoms with Crippen LogP contribution in [0.4, 0.5) is 0 Å². The molecule has 5 heteroatoms. The van der Waals surface area contributed by atoms with E-state index in [0.29, 0.717) is 12.0 Å². The largest absolute Gasteiger partial charge is 0.340 e. The highest BCUT2D eigenvalue weighted by Crippen LogP contribution is 2.39. The maximum Gasteiger partial charge on any atom is 0.242 e. The molecule has 0 unspecified atom stereocenters. The molecule has 22 heavy (non-hydrogen) atoms. The number of rotatable bonds is 2. The number of carbonyl (C=O) groups excluding carboxylic acids is 1. The van der Waals surface area contributed by atoms with Crippen LogP contribution in [-0.2, 0) is 11.3 Å². The fourth-order valence-electron chi connectivity index (χ4n) is 4.05. The summed E-state index contributed by atoms with van der Waals surface area (Å²) in [5.74, 6) is 0.230. The molecule has 1 amide bonds. The van der Waals surface area contributed by atoms with Crippen molar-refractivity contribution in [3.8, 4) is 0 Å². The first kappa shape index (κ1) is 13.8. The highest BCUT2D eigenvalue weighted by atomic mass is 16.2. The van der Waals surface area contributed by atoms with Crippen LogP contribution in [0.15, 0.2) is 24.7 Å². The second-order valence-corrected chi connectivity index (χ2v) is 7.07. The Hall–Kier alpha value is -1.88. The van der Waals surface area contributed by atoms with Crippen LogP contribution in [0.1, 0.15) is 12.0 Å². The molecule has 0 N–H and O–H groups in total. The maximum absolute atomic E-state index is 12.5. The van der Waals surface area contributed by atoms with Gasteiger partial charge >= 0.3 is 0 Å². The number of amides is 1. The monoisotopic (exact) mass is 298 g/mol. The van der Waals surface area contributed by atoms with Crippen molar-refractivity contribution in [1.29, 1.82) is 0 Å². The third kappa shape index (κ3) is 2.11. The number of likely N-dealkylation sites (tertiary alicyclic amines) is 2. The minimum Gasteiger partial charge on any atom is -0.340 e. The summed E-state index contributed by atoms with van der Waals surface area (Å²) in [4.78, 5) is 21.1. The molecule has 116 valence electrons. The molecule has 2 saturated heterocycles. The van der Waals surface area contributed by atoms with Crippen LogP contribution < -0.4 is 0 Å². The van der Waals surface area contributed by atoms with Gasteiger partial charge in [0, 0.05) is 49.0 Å². The van der Waals surface area contributed by atoms with Gasteiger partial charge in [0.05, 0.1) is 5.52 Å². The molecule has 0 radical (unpaired) electrons. The number of hydrogen-bond acceptors (Lipinski definition) is 3. The van der Waals surface area contributed by atoms with E-state index in [0.717, 1.165) is 37.1 Å². The molecule has 0 aliphatic carbocycles. The van der Waals surface area contributed by atoms with Gasteiger partial charge in [-0.2, -0.15) is 0 Å². The van der Waals surface area contributed by atoms with Crippen molar-refractivity contribution in [3.63, 3.8) is 0 Å². The van der Waals surface area contributed by atoms with Gasteiger partial charge in [0.15, 0.2) is 0 Å². The van der Waals surface area contributed by atoms with Crippen LogP contribution in [0, 0.1) is 12.3 Å². The maximum atomic E-state index is 12.5. The molecule has 2 aliphatic heterocycles. The third-order valence-corrected chi connectivity index (χ3v) is 5.22. The lowest BCUT2D eigenvalue weighted by atomic mass is 9.79. The van der Waals surface area contributed by atoms with Crippen molar-refractivity contribution in [2.45, 2.75) is 19.9 Å². The summed E-state index contributed by atoms with van der Waals surface area (Å²) >= 11 is 0. The van der Waals surface area contributed by atoms with Crippen LogP contribution in [0.2, 0.25) is 0 Å². The van der Waals surface area contributed by atoms with E-state index >= 15 is 0 Å². The predicted octanol–water partition coefficient (Wildman–Crippen LogP) is 1.51. The Balaban J connectivity index is 1.46. The summed E-state index contributed by atoms with van der Waals surface area (Å²) in [6.07, 6.45) is 6.95. The van der Waals surface area contributed by atoms with Gasteiger partial charge in [-0.05, 0) is 38.6 Å². The summed E-state index contributed by atoms with van der Waals surface area (Å²) in [6, 6.07) is 1.99. The van der Waals surface area contributed by atoms with E-state index in [2.05, 4.69) is 34.6 Å². The Labute approximate surface area is 130 Å². The number of aryl methyl sites for hydroxylation is 1. The van der Waals surface area contributed by atoms with E-state index in [1.807, 2.05) is 17.2 Å². The van der Waals surface area contributed by atoms with Crippen LogP contribution >= 0.6 is 0 Å². The first-order chi connectivity index (χ1) is 10.6. The average Bonchev–Trinajstić information content (AvgIpc) is 3.00. The molecular weight excluding hydrogens is 276 g/mol. The number of aromatic nitrogens is 2. The van der Waals surface area contributed by atoms with Crippen molar-refractivity contribution >= 4 is 16.8 Å². The minimum absolute atomic E-state index is 0.230. The van der Waals surface area contributed by atoms with Gasteiger partial charge in [0.1, 0.15) is 6.54 Å². The summed E-state index contributed by atoms with van der Waals surface area (Å²) in [5, 5.41) is 1.13. The zero-order valence-electron chi connectivity index (χ0n) is 13.2. The van der Waals surface area contributed by atoms with Gasteiger partial charge in [-0.1, -0.05) is 0 Å². The predicted molar refractivity (Wildman–Crippen MR) is 85.6 cm³/mol. The topological polar surface area (TPSA) is 41.4 Å². The number of fused-ring (bicyclic) bond motifs is 1. The summed E-state index contributed by atoms with van der Waals surface area (Å²) < 4.78 is 2.06. The molecule has 0 saturated carbocycles. The zero-order valence-corrected chi connectivity index (χ0v) is 13.2. The smallest absolute Gasteiger partial charge is 0.242 e. The van der Waals surface area contributed by atoms with E-state index in [9.17, 15) is 4.79 Å². The number of nitrogens with zero attached hydrogens (tertiary/aromatic N) is 4. The number of carbonyl (C=O) groups is 1. The minimum atomic E-state index is 0.230. The highest BCUT2D eigenvalue weighted by molar-refractivity contribution is 5.85. The van der Waals surface area contributed by atoms with E-state index in [1.165, 1.54) is 12.0 Å². The lowest BCUT2D eigenvalue weighted by Crippen LogP contribution is -2.59. The van der Waals surface area contributed by atoms with Crippen molar-refractivity contribution in [2.24, 2.45) is 5.41 Å². The van der Waals surface area contributed by atoms with Crippen molar-refractivity contribution in [1.82, 2.24) is 19.4 Å². The Kier molecular flexibility index (Phi) is 3.01. The number of hydrogen-bond donors (Lipinski definition) is 0. The van der Waals surface area contributed by atoms with E-state index in [1.54, 1.807) is 6.20 Å². The Morgan fingerprint density at radius 1 is 1.36 bits per heavy atom. The molecule has 0 atom stereocenters. The molecule has 0 bridgehead atoms. The molecular formula is C17H22N4O. The number of pyridine rings is 1. The first-order valence-corrected chi connectivity index (χ1v) is 7.92. The Bertz CT molecular complexity index is 729. The van der Waals surface area contributed by atoms with E-state index in [4.69, 9.17) is 0 Å². The lowest BCUT2D eigenvalue weighted by Gasteiger charge is -2.48. The third-order valence-electron chi connectivity index (χ3n) is 5.22. The molecule has 4 rings (SSSR count). The second kappa shape index (κ2) is 4.81. The van der Waals surface area contributed by atoms with E-state index < -0.39 is 0 Å². The average molecular weight is 298 g/mol. The fourth-order valence-corrected chi connectivity index (χ4v) is 4.05. The molecule has 1 spiro atoms. The molecule has 2 aromatic rings. The van der Waals surface area contributed by atoms with E-state index in [-0.39, 0.29) is 5.91 Å². The van der Waals surface area contributed by atoms with Crippen LogP contribution in [0.5, 0.6) is 0 Å². The van der Waals surface area contributed by atoms with Gasteiger partial charge in [-0.15, -0.1) is 0 Å². The molecule has 2 aromatic heterocycles. The van der Waals surface area contributed by atoms with Gasteiger partial charge in [-0.25, -0.2) is 0 Å². The molecule has 2 aliphatic rings. The Morgan fingerprint density at radius 2 is 2.18 bits per heavy atom. The van der Waals surface area contributed by atoms with Crippen molar-refractivity contribution in [3.05, 3.63) is 30.2 Å². The van der Waals surface area contributed by atoms with Gasteiger partial charge in [0.25, 0.3) is 0 Å². The molecule has 2 fully saturated rings. The SMILES string of the molecule is Cc1cn(CC(=O)N2CC3(CCN(C)C3)C2)c2ccncc12. The standard InChI is InChI=1S/C17H22N4O/c1-13-8-20(15-3-5-18-7-14(13)15)9-16(22)21-11-17(12-21)4-6-19(2)10-17/h3,5,7-8H,4,6,9-12H2,1-2H3. The van der Waals surface area contributed by atoms with Crippen LogP contribution in [0.3, 0.4) is 0 Å².